The third-order valence-corrected chi connectivity index (χ3v) is 12.6. The third kappa shape index (κ3) is 5.88. The molecule has 1 unspecified atom stereocenters. The van der Waals surface area contributed by atoms with Gasteiger partial charge in [-0.2, -0.15) is 4.39 Å². The summed E-state index contributed by atoms with van der Waals surface area (Å²) in [4.78, 5) is 53.0. The van der Waals surface area contributed by atoms with Gasteiger partial charge in [0.2, 0.25) is 11.2 Å². The van der Waals surface area contributed by atoms with Crippen LogP contribution in [0.25, 0.3) is 21.1 Å². The molecule has 1 saturated heterocycles. The smallest absolute Gasteiger partial charge is 0.271 e. The topological polar surface area (TPSA) is 153 Å². The molecule has 0 spiro atoms. The second kappa shape index (κ2) is 13.3. The molecular formula is C36H39ClF3N5O6S2. The summed E-state index contributed by atoms with van der Waals surface area (Å²) in [6.45, 7) is 5.27. The molecule has 53 heavy (non-hydrogen) atoms. The Morgan fingerprint density at radius 2 is 1.60 bits per heavy atom. The molecule has 4 heterocycles. The average molecular weight is 795 g/mol. The summed E-state index contributed by atoms with van der Waals surface area (Å²) in [5.74, 6) is -3.05. The summed E-state index contributed by atoms with van der Waals surface area (Å²) in [5.41, 5.74) is 6.00. The first kappa shape index (κ1) is 37.2. The van der Waals surface area contributed by atoms with Gasteiger partial charge in [-0.05, 0) is 81.5 Å². The summed E-state index contributed by atoms with van der Waals surface area (Å²) in [7, 11) is 2.76. The van der Waals surface area contributed by atoms with Crippen molar-refractivity contribution in [3.05, 3.63) is 82.1 Å². The summed E-state index contributed by atoms with van der Waals surface area (Å²) in [6, 6.07) is 2.32. The lowest BCUT2D eigenvalue weighted by molar-refractivity contribution is 0.103. The number of methoxy groups -OCH3 is 2. The first-order valence-corrected chi connectivity index (χ1v) is 18.7. The number of nitrogens with two attached hydrogens (primary N) is 1. The molecule has 1 aliphatic heterocycles. The van der Waals surface area contributed by atoms with Crippen molar-refractivity contribution in [3.63, 3.8) is 0 Å². The van der Waals surface area contributed by atoms with Crippen molar-refractivity contribution < 1.29 is 28.9 Å². The SMILES string of the molecule is COc1c(F)c(F)cc2c1C(C1CC1)c1s[nH]c(=O)c1C2=O.COc1c(N2CC[C@@H](C(C)(C)N)C2)c(F)cc2c(=O)c3c(=O)[nH]sc3n(C3CC3)c12.Cl.[2HH]. The van der Waals surface area contributed by atoms with Gasteiger partial charge < -0.3 is 24.7 Å². The van der Waals surface area contributed by atoms with E-state index in [1.165, 1.54) is 20.3 Å². The molecule has 3 aromatic heterocycles. The van der Waals surface area contributed by atoms with Crippen LogP contribution in [0.5, 0.6) is 11.5 Å². The number of aromatic amines is 2. The lowest BCUT2D eigenvalue weighted by Gasteiger charge is -2.28. The van der Waals surface area contributed by atoms with Crippen molar-refractivity contribution in [2.45, 2.75) is 63.5 Å². The number of pyridine rings is 1. The predicted octanol–water partition coefficient (Wildman–Crippen LogP) is 6.43. The van der Waals surface area contributed by atoms with E-state index in [1.54, 1.807) is 0 Å². The van der Waals surface area contributed by atoms with Gasteiger partial charge in [-0.3, -0.25) is 27.9 Å². The molecular weight excluding hydrogens is 755 g/mol. The number of rotatable bonds is 6. The minimum Gasteiger partial charge on any atom is -0.493 e. The summed E-state index contributed by atoms with van der Waals surface area (Å²) >= 11 is 2.24. The summed E-state index contributed by atoms with van der Waals surface area (Å²) in [6.07, 6.45) is 4.60. The van der Waals surface area contributed by atoms with Crippen LogP contribution in [0.2, 0.25) is 0 Å². The molecule has 2 aromatic carbocycles. The second-order valence-corrected chi connectivity index (χ2v) is 16.3. The van der Waals surface area contributed by atoms with Crippen LogP contribution >= 0.6 is 35.5 Å². The molecule has 3 aliphatic carbocycles. The Bertz CT molecular complexity index is 2500. The third-order valence-electron chi connectivity index (χ3n) is 10.8. The van der Waals surface area contributed by atoms with E-state index in [2.05, 4.69) is 8.75 Å². The van der Waals surface area contributed by atoms with Crippen LogP contribution in [-0.2, 0) is 0 Å². The van der Waals surface area contributed by atoms with Crippen molar-refractivity contribution in [1.82, 2.24) is 13.3 Å². The van der Waals surface area contributed by atoms with Crippen molar-refractivity contribution in [1.29, 1.82) is 0 Å². The molecule has 3 fully saturated rings. The van der Waals surface area contributed by atoms with Crippen molar-refractivity contribution in [2.75, 3.05) is 32.2 Å². The number of halogens is 4. The van der Waals surface area contributed by atoms with Gasteiger partial charge in [-0.1, -0.05) is 11.5 Å². The van der Waals surface area contributed by atoms with E-state index in [9.17, 15) is 28.0 Å². The number of benzene rings is 2. The molecule has 5 aromatic rings. The van der Waals surface area contributed by atoms with Gasteiger partial charge in [0.05, 0.1) is 25.1 Å². The van der Waals surface area contributed by atoms with Crippen LogP contribution in [0.1, 0.15) is 85.7 Å². The molecule has 11 nitrogen and oxygen atoms in total. The number of ketones is 1. The van der Waals surface area contributed by atoms with E-state index in [0.717, 1.165) is 61.2 Å². The number of carbonyl (C=O) groups is 1. The maximum Gasteiger partial charge on any atom is 0.271 e. The fraction of sp³-hybridized carbons (Fsp3) is 0.444. The molecule has 284 valence electrons. The van der Waals surface area contributed by atoms with Gasteiger partial charge in [-0.15, -0.1) is 12.4 Å². The highest BCUT2D eigenvalue weighted by Gasteiger charge is 2.46. The number of nitrogens with one attached hydrogen (secondary N) is 2. The Hall–Kier alpha value is -4.12. The molecule has 4 N–H and O–H groups in total. The first-order chi connectivity index (χ1) is 24.8. The van der Waals surface area contributed by atoms with Crippen molar-refractivity contribution in [3.8, 4) is 11.5 Å². The zero-order chi connectivity index (χ0) is 37.0. The molecule has 9 rings (SSSR count). The molecule has 0 amide bonds. The van der Waals surface area contributed by atoms with E-state index in [4.69, 9.17) is 15.2 Å². The zero-order valence-corrected chi connectivity index (χ0v) is 31.6. The number of hydrogen-bond donors (Lipinski definition) is 3. The minimum atomic E-state index is -1.14. The molecule has 2 atom stereocenters. The van der Waals surface area contributed by atoms with Gasteiger partial charge in [-0.25, -0.2) is 8.78 Å². The largest absolute Gasteiger partial charge is 0.493 e. The number of hydrogen-bond acceptors (Lipinski definition) is 10. The van der Waals surface area contributed by atoms with Gasteiger partial charge >= 0.3 is 0 Å². The van der Waals surface area contributed by atoms with Crippen molar-refractivity contribution >= 4 is 68.1 Å². The van der Waals surface area contributed by atoms with Gasteiger partial charge in [0, 0.05) is 48.0 Å². The van der Waals surface area contributed by atoms with Gasteiger partial charge in [0.1, 0.15) is 21.5 Å². The number of anilines is 1. The first-order valence-electron chi connectivity index (χ1n) is 17.1. The Morgan fingerprint density at radius 1 is 0.925 bits per heavy atom. The Morgan fingerprint density at radius 3 is 2.21 bits per heavy atom. The number of nitrogens with zero attached hydrogens (tertiary/aromatic N) is 2. The standard InChI is InChI=1S/C21H25FN4O3S.C15H11F2NO3S.ClH.H2/c1-21(2,23)10-6-7-25(9-10)16-13(22)8-12-15(18(16)29-3)26(11-4-5-11)20-14(17(12)27)19(28)24-30-20;1-21-13-9-6(4-7(16)11(13)17)12(19)10-14(22-18-15(10)20)8(9)5-2-3-5;;/h8,10-11H,4-7,9,23H2,1-3H3,(H,24,28);4-5,8H,2-3H2,1H3,(H,18,20);2*1H/t10-;;;/m1.../s1/i;;;1+1. The lowest BCUT2D eigenvalue weighted by atomic mass is 9.79. The number of fused-ring (bicyclic) bond motifs is 4. The van der Waals surface area contributed by atoms with Crippen LogP contribution in [-0.4, -0.2) is 51.9 Å². The molecule has 4 aliphatic rings. The number of aromatic nitrogens is 3. The fourth-order valence-electron chi connectivity index (χ4n) is 7.87. The average Bonchev–Trinajstić information content (AvgIpc) is 4.00. The quantitative estimate of drug-likeness (QED) is 0.178. The van der Waals surface area contributed by atoms with E-state index < -0.39 is 39.8 Å². The Kier molecular flexibility index (Phi) is 9.35. The maximum atomic E-state index is 15.4. The second-order valence-electron chi connectivity index (χ2n) is 14.6. The molecule has 2 saturated carbocycles. The summed E-state index contributed by atoms with van der Waals surface area (Å²) < 4.78 is 61.3. The number of carbonyl (C=O) groups excluding carboxylic acids is 1. The Labute approximate surface area is 316 Å². The van der Waals surface area contributed by atoms with E-state index in [0.29, 0.717) is 45.3 Å². The monoisotopic (exact) mass is 794 g/mol. The fourth-order valence-corrected chi connectivity index (χ4v) is 9.81. The molecule has 17 heteroatoms. The lowest BCUT2D eigenvalue weighted by Crippen LogP contribution is -2.42. The highest BCUT2D eigenvalue weighted by molar-refractivity contribution is 7.12. The van der Waals surface area contributed by atoms with Crippen molar-refractivity contribution in [2.24, 2.45) is 17.6 Å². The van der Waals surface area contributed by atoms with Crippen LogP contribution < -0.4 is 36.7 Å². The number of ether oxygens (including phenoxy) is 2. The number of H-pyrrole nitrogens is 2. The Balaban J connectivity index is 0.000000185. The maximum absolute atomic E-state index is 15.4. The van der Waals surface area contributed by atoms with Gasteiger partial charge in [0.15, 0.2) is 28.9 Å². The normalized spacial score (nSPS) is 19.5. The van der Waals surface area contributed by atoms with E-state index in [1.807, 2.05) is 23.3 Å². The predicted molar refractivity (Wildman–Crippen MR) is 203 cm³/mol. The molecule has 0 bridgehead atoms. The van der Waals surface area contributed by atoms with E-state index in [-0.39, 0.29) is 70.8 Å². The minimum absolute atomic E-state index is 0. The van der Waals surface area contributed by atoms with Crippen LogP contribution in [0, 0.1) is 29.3 Å². The van der Waals surface area contributed by atoms with Crippen LogP contribution in [0.4, 0.5) is 18.9 Å². The zero-order valence-electron chi connectivity index (χ0n) is 29.2. The highest BCUT2D eigenvalue weighted by atomic mass is 35.5. The van der Waals surface area contributed by atoms with Crippen LogP contribution in [0.15, 0.2) is 26.5 Å². The summed E-state index contributed by atoms with van der Waals surface area (Å²) in [5, 5.41) is 0.283. The highest BCUT2D eigenvalue weighted by Crippen LogP contribution is 2.54. The van der Waals surface area contributed by atoms with Crippen LogP contribution in [0.3, 0.4) is 0 Å². The van der Waals surface area contributed by atoms with E-state index >= 15 is 4.39 Å². The van der Waals surface area contributed by atoms with Gasteiger partial charge in [0.25, 0.3) is 11.1 Å². The molecule has 0 radical (unpaired) electrons.